The molecule has 0 spiro atoms. The molecule has 6 nitrogen and oxygen atoms in total. The van der Waals surface area contributed by atoms with E-state index in [0.717, 1.165) is 40.2 Å². The van der Waals surface area contributed by atoms with Gasteiger partial charge in [-0.15, -0.1) is 0 Å². The number of benzene rings is 2. The Balaban J connectivity index is 1.55. The van der Waals surface area contributed by atoms with Gasteiger partial charge in [-0.25, -0.2) is 24.0 Å². The molecule has 0 saturated carbocycles. The molecule has 0 fully saturated rings. The molecule has 5 aromatic rings. The van der Waals surface area contributed by atoms with Crippen molar-refractivity contribution in [3.63, 3.8) is 0 Å². The second-order valence-corrected chi connectivity index (χ2v) is 6.99. The van der Waals surface area contributed by atoms with Crippen LogP contribution in [0.15, 0.2) is 73.4 Å². The Morgan fingerprint density at radius 2 is 1.83 bits per heavy atom. The van der Waals surface area contributed by atoms with Gasteiger partial charge in [-0.1, -0.05) is 12.1 Å². The molecule has 0 radical (unpaired) electrons. The number of fused-ring (bicyclic) bond motifs is 1. The summed E-state index contributed by atoms with van der Waals surface area (Å²) in [4.78, 5) is 13.1. The largest absolute Gasteiger partial charge is 0.328 e. The van der Waals surface area contributed by atoms with Gasteiger partial charge in [-0.3, -0.25) is 0 Å². The fourth-order valence-corrected chi connectivity index (χ4v) is 3.76. The van der Waals surface area contributed by atoms with Crippen LogP contribution in [0.5, 0.6) is 0 Å². The van der Waals surface area contributed by atoms with E-state index < -0.39 is 0 Å². The number of aromatic nitrogens is 6. The van der Waals surface area contributed by atoms with Crippen LogP contribution in [-0.4, -0.2) is 29.3 Å². The zero-order valence-electron chi connectivity index (χ0n) is 16.4. The molecule has 7 heteroatoms. The van der Waals surface area contributed by atoms with Gasteiger partial charge in [-0.2, -0.15) is 5.10 Å². The maximum Gasteiger partial charge on any atom is 0.125 e. The Labute approximate surface area is 172 Å². The summed E-state index contributed by atoms with van der Waals surface area (Å²) in [6.45, 7) is 2.90. The second-order valence-electron chi connectivity index (χ2n) is 6.99. The third-order valence-corrected chi connectivity index (χ3v) is 5.15. The van der Waals surface area contributed by atoms with Crippen LogP contribution in [0.3, 0.4) is 0 Å². The van der Waals surface area contributed by atoms with Gasteiger partial charge < -0.3 is 4.57 Å². The summed E-state index contributed by atoms with van der Waals surface area (Å²) >= 11 is 0. The SMILES string of the molecule is CCn1c(Cc2ccnn2-c2cccc(F)c2)nc2cc(-c3cncnc3)ccc21. The number of hydrogen-bond acceptors (Lipinski definition) is 4. The highest BCUT2D eigenvalue weighted by atomic mass is 19.1. The van der Waals surface area contributed by atoms with Gasteiger partial charge in [0.1, 0.15) is 18.0 Å². The third-order valence-electron chi connectivity index (χ3n) is 5.15. The van der Waals surface area contributed by atoms with Gasteiger partial charge in [0.15, 0.2) is 0 Å². The topological polar surface area (TPSA) is 61.4 Å². The van der Waals surface area contributed by atoms with Crippen LogP contribution < -0.4 is 0 Å². The molecule has 2 aromatic carbocycles. The summed E-state index contributed by atoms with van der Waals surface area (Å²) in [6, 6.07) is 14.6. The van der Waals surface area contributed by atoms with E-state index in [1.165, 1.54) is 18.5 Å². The van der Waals surface area contributed by atoms with Gasteiger partial charge in [0.2, 0.25) is 0 Å². The first-order valence-corrected chi connectivity index (χ1v) is 9.76. The quantitative estimate of drug-likeness (QED) is 0.439. The molecular formula is C23H19FN6. The Morgan fingerprint density at radius 1 is 0.967 bits per heavy atom. The summed E-state index contributed by atoms with van der Waals surface area (Å²) in [7, 11) is 0. The van der Waals surface area contributed by atoms with E-state index in [0.29, 0.717) is 12.1 Å². The van der Waals surface area contributed by atoms with E-state index in [1.54, 1.807) is 29.3 Å². The Bertz CT molecular complexity index is 1320. The predicted molar refractivity (Wildman–Crippen MR) is 113 cm³/mol. The Morgan fingerprint density at radius 3 is 2.63 bits per heavy atom. The minimum Gasteiger partial charge on any atom is -0.328 e. The zero-order valence-corrected chi connectivity index (χ0v) is 16.4. The molecule has 0 aliphatic carbocycles. The summed E-state index contributed by atoms with van der Waals surface area (Å²) < 4.78 is 17.6. The lowest BCUT2D eigenvalue weighted by Crippen LogP contribution is -2.07. The molecule has 0 atom stereocenters. The van der Waals surface area contributed by atoms with Crippen LogP contribution in [-0.2, 0) is 13.0 Å². The summed E-state index contributed by atoms with van der Waals surface area (Å²) in [5, 5.41) is 4.39. The molecular weight excluding hydrogens is 379 g/mol. The lowest BCUT2D eigenvalue weighted by atomic mass is 10.1. The number of aryl methyl sites for hydroxylation is 1. The van der Waals surface area contributed by atoms with Crippen molar-refractivity contribution < 1.29 is 4.39 Å². The van der Waals surface area contributed by atoms with E-state index in [4.69, 9.17) is 4.98 Å². The smallest absolute Gasteiger partial charge is 0.125 e. The van der Waals surface area contributed by atoms with E-state index in [2.05, 4.69) is 44.8 Å². The lowest BCUT2D eigenvalue weighted by Gasteiger charge is -2.09. The van der Waals surface area contributed by atoms with Crippen molar-refractivity contribution in [1.29, 1.82) is 0 Å². The van der Waals surface area contributed by atoms with Gasteiger partial charge in [-0.05, 0) is 48.9 Å². The van der Waals surface area contributed by atoms with Crippen molar-refractivity contribution in [1.82, 2.24) is 29.3 Å². The van der Waals surface area contributed by atoms with E-state index in [1.807, 2.05) is 12.1 Å². The lowest BCUT2D eigenvalue weighted by molar-refractivity contribution is 0.624. The molecule has 5 rings (SSSR count). The Hall–Kier alpha value is -3.87. The van der Waals surface area contributed by atoms with E-state index >= 15 is 0 Å². The third kappa shape index (κ3) is 3.24. The van der Waals surface area contributed by atoms with Crippen molar-refractivity contribution in [3.05, 3.63) is 90.8 Å². The average Bonchev–Trinajstić information content (AvgIpc) is 3.38. The van der Waals surface area contributed by atoms with Gasteiger partial charge >= 0.3 is 0 Å². The molecule has 0 bridgehead atoms. The first-order chi connectivity index (χ1) is 14.7. The van der Waals surface area contributed by atoms with Crippen molar-refractivity contribution in [3.8, 4) is 16.8 Å². The fraction of sp³-hybridized carbons (Fsp3) is 0.130. The van der Waals surface area contributed by atoms with Crippen LogP contribution in [0.4, 0.5) is 4.39 Å². The molecule has 148 valence electrons. The number of nitrogens with zero attached hydrogens (tertiary/aromatic N) is 6. The molecule has 0 saturated heterocycles. The Kier molecular flexibility index (Phi) is 4.55. The van der Waals surface area contributed by atoms with Crippen molar-refractivity contribution in [2.45, 2.75) is 19.9 Å². The molecule has 0 amide bonds. The van der Waals surface area contributed by atoms with E-state index in [9.17, 15) is 4.39 Å². The number of halogens is 1. The standard InChI is InChI=1S/C23H19FN6/c1-2-29-22-7-6-16(17-13-25-15-26-14-17)10-21(22)28-23(29)12-20-8-9-27-30(20)19-5-3-4-18(24)11-19/h3-11,13-15H,2,12H2,1H3. The van der Waals surface area contributed by atoms with Crippen LogP contribution in [0, 0.1) is 5.82 Å². The molecule has 0 unspecified atom stereocenters. The normalized spacial score (nSPS) is 11.3. The van der Waals surface area contributed by atoms with Gasteiger partial charge in [0.25, 0.3) is 0 Å². The number of rotatable bonds is 5. The highest BCUT2D eigenvalue weighted by Crippen LogP contribution is 2.25. The van der Waals surface area contributed by atoms with Crippen LogP contribution in [0.1, 0.15) is 18.4 Å². The second kappa shape index (κ2) is 7.51. The molecule has 0 N–H and O–H groups in total. The maximum absolute atomic E-state index is 13.7. The van der Waals surface area contributed by atoms with Gasteiger partial charge in [0.05, 0.1) is 22.4 Å². The summed E-state index contributed by atoms with van der Waals surface area (Å²) in [6.07, 6.45) is 7.43. The highest BCUT2D eigenvalue weighted by molar-refractivity contribution is 5.82. The minimum absolute atomic E-state index is 0.285. The van der Waals surface area contributed by atoms with Gasteiger partial charge in [0, 0.05) is 37.1 Å². The van der Waals surface area contributed by atoms with Crippen LogP contribution >= 0.6 is 0 Å². The predicted octanol–water partition coefficient (Wildman–Crippen LogP) is 4.43. The first kappa shape index (κ1) is 18.2. The first-order valence-electron chi connectivity index (χ1n) is 9.76. The van der Waals surface area contributed by atoms with E-state index in [-0.39, 0.29) is 5.82 Å². The number of imidazole rings is 1. The summed E-state index contributed by atoms with van der Waals surface area (Å²) in [5.41, 5.74) is 5.62. The molecule has 0 aliphatic heterocycles. The molecule has 3 heterocycles. The monoisotopic (exact) mass is 398 g/mol. The van der Waals surface area contributed by atoms with Crippen molar-refractivity contribution in [2.75, 3.05) is 0 Å². The molecule has 0 aliphatic rings. The fourth-order valence-electron chi connectivity index (χ4n) is 3.76. The van der Waals surface area contributed by atoms with Crippen LogP contribution in [0.25, 0.3) is 27.8 Å². The van der Waals surface area contributed by atoms with Crippen molar-refractivity contribution >= 4 is 11.0 Å². The average molecular weight is 398 g/mol. The molecule has 3 aromatic heterocycles. The maximum atomic E-state index is 13.7. The minimum atomic E-state index is -0.285. The molecule has 30 heavy (non-hydrogen) atoms. The van der Waals surface area contributed by atoms with Crippen LogP contribution in [0.2, 0.25) is 0 Å². The van der Waals surface area contributed by atoms with Crippen molar-refractivity contribution in [2.24, 2.45) is 0 Å². The number of hydrogen-bond donors (Lipinski definition) is 0. The summed E-state index contributed by atoms with van der Waals surface area (Å²) in [5.74, 6) is 0.652. The zero-order chi connectivity index (χ0) is 20.5. The highest BCUT2D eigenvalue weighted by Gasteiger charge is 2.14.